The summed E-state index contributed by atoms with van der Waals surface area (Å²) in [4.78, 5) is 28.7. The van der Waals surface area contributed by atoms with Crippen molar-refractivity contribution in [2.45, 2.75) is 0 Å². The Labute approximate surface area is 83.9 Å². The second kappa shape index (κ2) is 4.74. The number of aromatic nitrogens is 1. The van der Waals surface area contributed by atoms with Gasteiger partial charge in [-0.3, -0.25) is 9.59 Å². The molecule has 0 fully saturated rings. The van der Waals surface area contributed by atoms with Crippen LogP contribution in [0.15, 0.2) is 15.8 Å². The first kappa shape index (κ1) is 10.7. The highest BCUT2D eigenvalue weighted by Gasteiger charge is 2.10. The summed E-state index contributed by atoms with van der Waals surface area (Å²) in [5.41, 5.74) is 9.74. The van der Waals surface area contributed by atoms with Crippen LogP contribution in [0.2, 0.25) is 0 Å². The number of oxime groups is 1. The molecule has 1 radical (unpaired) electrons. The molecular formula is C7H7N4O4. The standard InChI is InChI=1S/C7H7N4O4/c8-6(13)3-15-11-4(1-12)5-2-14-7(9)10-5/h2H,3H2,(H2,8,13)(H2,9,10). The summed E-state index contributed by atoms with van der Waals surface area (Å²) in [5.74, 6) is -0.719. The van der Waals surface area contributed by atoms with E-state index in [1.807, 2.05) is 0 Å². The molecule has 79 valence electrons. The van der Waals surface area contributed by atoms with Crippen LogP contribution in [0, 0.1) is 0 Å². The van der Waals surface area contributed by atoms with Crippen LogP contribution in [0.5, 0.6) is 0 Å². The van der Waals surface area contributed by atoms with Crippen molar-refractivity contribution in [1.29, 1.82) is 0 Å². The SMILES string of the molecule is NC(=O)CON=C([C]=O)c1coc(N)n1. The van der Waals surface area contributed by atoms with Crippen LogP contribution in [0.3, 0.4) is 0 Å². The molecule has 0 bridgehead atoms. The highest BCUT2D eigenvalue weighted by molar-refractivity contribution is 6.35. The van der Waals surface area contributed by atoms with E-state index >= 15 is 0 Å². The number of nitrogen functional groups attached to an aromatic ring is 1. The minimum absolute atomic E-state index is 0.0620. The lowest BCUT2D eigenvalue weighted by Gasteiger charge is -1.94. The Kier molecular flexibility index (Phi) is 3.38. The zero-order chi connectivity index (χ0) is 11.3. The number of carbonyl (C=O) groups is 1. The van der Waals surface area contributed by atoms with Crippen molar-refractivity contribution < 1.29 is 18.8 Å². The van der Waals surface area contributed by atoms with E-state index in [2.05, 4.69) is 19.4 Å². The normalized spacial score (nSPS) is 11.1. The number of nitrogens with zero attached hydrogens (tertiary/aromatic N) is 2. The molecule has 0 aromatic carbocycles. The van der Waals surface area contributed by atoms with Gasteiger partial charge in [-0.2, -0.15) is 4.98 Å². The number of amides is 1. The first-order valence-electron chi connectivity index (χ1n) is 3.71. The van der Waals surface area contributed by atoms with Crippen molar-refractivity contribution in [3.05, 3.63) is 12.0 Å². The second-order valence-electron chi connectivity index (χ2n) is 2.35. The monoisotopic (exact) mass is 211 g/mol. The van der Waals surface area contributed by atoms with E-state index in [9.17, 15) is 9.59 Å². The number of rotatable bonds is 5. The molecule has 8 heteroatoms. The van der Waals surface area contributed by atoms with Gasteiger partial charge in [0.1, 0.15) is 12.0 Å². The summed E-state index contributed by atoms with van der Waals surface area (Å²) in [6.07, 6.45) is 2.55. The zero-order valence-electron chi connectivity index (χ0n) is 7.47. The topological polar surface area (TPSA) is 134 Å². The van der Waals surface area contributed by atoms with Gasteiger partial charge in [0, 0.05) is 0 Å². The quantitative estimate of drug-likeness (QED) is 0.453. The Hall–Kier alpha value is -2.38. The Balaban J connectivity index is 2.71. The van der Waals surface area contributed by atoms with Gasteiger partial charge in [0.2, 0.25) is 0 Å². The molecule has 0 atom stereocenters. The average Bonchev–Trinajstić information content (AvgIpc) is 2.59. The maximum absolute atomic E-state index is 10.4. The van der Waals surface area contributed by atoms with Crippen molar-refractivity contribution in [3.8, 4) is 0 Å². The van der Waals surface area contributed by atoms with E-state index in [-0.39, 0.29) is 17.4 Å². The molecule has 1 aromatic rings. The first-order valence-corrected chi connectivity index (χ1v) is 3.71. The Bertz CT molecular complexity index is 397. The molecule has 0 aliphatic carbocycles. The number of anilines is 1. The van der Waals surface area contributed by atoms with E-state index < -0.39 is 12.5 Å². The number of nitrogens with two attached hydrogens (primary N) is 2. The molecule has 0 aliphatic heterocycles. The molecule has 1 amide bonds. The van der Waals surface area contributed by atoms with E-state index in [0.29, 0.717) is 0 Å². The number of oxazole rings is 1. The van der Waals surface area contributed by atoms with Crippen molar-refractivity contribution in [3.63, 3.8) is 0 Å². The lowest BCUT2D eigenvalue weighted by molar-refractivity contribution is -0.122. The number of primary amides is 1. The predicted molar refractivity (Wildman–Crippen MR) is 48.3 cm³/mol. The van der Waals surface area contributed by atoms with Crippen molar-refractivity contribution in [1.82, 2.24) is 4.98 Å². The molecule has 1 rings (SSSR count). The maximum Gasteiger partial charge on any atom is 0.292 e. The smallest absolute Gasteiger partial charge is 0.292 e. The lowest BCUT2D eigenvalue weighted by Crippen LogP contribution is -2.17. The van der Waals surface area contributed by atoms with Crippen molar-refractivity contribution in [2.24, 2.45) is 10.9 Å². The van der Waals surface area contributed by atoms with Gasteiger partial charge in [-0.1, -0.05) is 5.16 Å². The van der Waals surface area contributed by atoms with E-state index in [1.165, 1.54) is 6.29 Å². The van der Waals surface area contributed by atoms with Crippen LogP contribution in [-0.2, 0) is 14.4 Å². The highest BCUT2D eigenvalue weighted by Crippen LogP contribution is 2.03. The molecule has 1 heterocycles. The third-order valence-electron chi connectivity index (χ3n) is 1.22. The molecule has 0 aliphatic rings. The molecule has 0 spiro atoms. The zero-order valence-corrected chi connectivity index (χ0v) is 7.47. The first-order chi connectivity index (χ1) is 7.13. The summed E-state index contributed by atoms with van der Waals surface area (Å²) in [6.45, 7) is -0.446. The van der Waals surface area contributed by atoms with Crippen LogP contribution < -0.4 is 11.5 Å². The second-order valence-corrected chi connectivity index (χ2v) is 2.35. The molecule has 4 N–H and O–H groups in total. The van der Waals surface area contributed by atoms with Crippen LogP contribution in [-0.4, -0.2) is 29.5 Å². The molecule has 1 aromatic heterocycles. The van der Waals surface area contributed by atoms with Gasteiger partial charge in [-0.15, -0.1) is 0 Å². The van der Waals surface area contributed by atoms with Crippen LogP contribution in [0.25, 0.3) is 0 Å². The van der Waals surface area contributed by atoms with Crippen LogP contribution in [0.4, 0.5) is 6.01 Å². The Morgan fingerprint density at radius 2 is 2.47 bits per heavy atom. The lowest BCUT2D eigenvalue weighted by atomic mass is 10.3. The van der Waals surface area contributed by atoms with Gasteiger partial charge >= 0.3 is 0 Å². The largest absolute Gasteiger partial charge is 0.432 e. The molecule has 8 nitrogen and oxygen atoms in total. The minimum Gasteiger partial charge on any atom is -0.432 e. The molecular weight excluding hydrogens is 204 g/mol. The number of hydrogen-bond acceptors (Lipinski definition) is 7. The van der Waals surface area contributed by atoms with Gasteiger partial charge in [0.15, 0.2) is 12.3 Å². The van der Waals surface area contributed by atoms with Gasteiger partial charge in [0.25, 0.3) is 18.2 Å². The van der Waals surface area contributed by atoms with E-state index in [4.69, 9.17) is 11.5 Å². The molecule has 0 saturated heterocycles. The summed E-state index contributed by atoms with van der Waals surface area (Å²) >= 11 is 0. The van der Waals surface area contributed by atoms with E-state index in [1.54, 1.807) is 0 Å². The van der Waals surface area contributed by atoms with Crippen molar-refractivity contribution in [2.75, 3.05) is 12.3 Å². The van der Waals surface area contributed by atoms with E-state index in [0.717, 1.165) is 6.26 Å². The van der Waals surface area contributed by atoms with Gasteiger partial charge in [-0.25, -0.2) is 0 Å². The van der Waals surface area contributed by atoms with Gasteiger partial charge in [-0.05, 0) is 0 Å². The fraction of sp³-hybridized carbons (Fsp3) is 0.143. The third-order valence-corrected chi connectivity index (χ3v) is 1.22. The molecule has 15 heavy (non-hydrogen) atoms. The fourth-order valence-corrected chi connectivity index (χ4v) is 0.675. The van der Waals surface area contributed by atoms with Crippen LogP contribution in [0.1, 0.15) is 5.69 Å². The average molecular weight is 211 g/mol. The van der Waals surface area contributed by atoms with Crippen molar-refractivity contribution >= 4 is 23.9 Å². The Morgan fingerprint density at radius 1 is 1.73 bits per heavy atom. The summed E-state index contributed by atoms with van der Waals surface area (Å²) < 4.78 is 4.63. The van der Waals surface area contributed by atoms with Crippen LogP contribution >= 0.6 is 0 Å². The number of hydrogen-bond donors (Lipinski definition) is 2. The molecule has 0 unspecified atom stereocenters. The summed E-state index contributed by atoms with van der Waals surface area (Å²) in [5, 5.41) is 3.28. The molecule has 0 saturated carbocycles. The number of carbonyl (C=O) groups excluding carboxylic acids is 2. The summed E-state index contributed by atoms with van der Waals surface area (Å²) in [7, 11) is 0. The van der Waals surface area contributed by atoms with Gasteiger partial charge < -0.3 is 20.7 Å². The van der Waals surface area contributed by atoms with Gasteiger partial charge in [0.05, 0.1) is 0 Å². The predicted octanol–water partition coefficient (Wildman–Crippen LogP) is -1.43. The highest BCUT2D eigenvalue weighted by atomic mass is 16.6. The fourth-order valence-electron chi connectivity index (χ4n) is 0.675. The summed E-state index contributed by atoms with van der Waals surface area (Å²) in [6, 6.07) is -0.122. The Morgan fingerprint density at radius 3 is 2.93 bits per heavy atom. The maximum atomic E-state index is 10.4. The third kappa shape index (κ3) is 3.10. The minimum atomic E-state index is -0.719.